The van der Waals surface area contributed by atoms with Crippen LogP contribution in [0.4, 0.5) is 0 Å². The van der Waals surface area contributed by atoms with E-state index in [-0.39, 0.29) is 11.9 Å². The molecule has 2 unspecified atom stereocenters. The Balaban J connectivity index is 1.79. The summed E-state index contributed by atoms with van der Waals surface area (Å²) in [6.07, 6.45) is 7.16. The molecular weight excluding hydrogens is 228 g/mol. The highest BCUT2D eigenvalue weighted by Crippen LogP contribution is 2.14. The van der Waals surface area contributed by atoms with Gasteiger partial charge in [-0.25, -0.2) is 0 Å². The third-order valence-corrected chi connectivity index (χ3v) is 3.35. The lowest BCUT2D eigenvalue weighted by Gasteiger charge is -2.28. The predicted molar refractivity (Wildman–Crippen MR) is 70.9 cm³/mol. The van der Waals surface area contributed by atoms with E-state index in [9.17, 15) is 4.79 Å². The maximum atomic E-state index is 11.7. The maximum Gasteiger partial charge on any atom is 0.244 e. The first-order valence-electron chi connectivity index (χ1n) is 6.48. The van der Waals surface area contributed by atoms with Gasteiger partial charge < -0.3 is 15.1 Å². The molecule has 0 aliphatic carbocycles. The summed E-state index contributed by atoms with van der Waals surface area (Å²) in [7, 11) is 0. The van der Waals surface area contributed by atoms with Crippen LogP contribution in [0.5, 0.6) is 0 Å². The molecule has 0 spiro atoms. The highest BCUT2D eigenvalue weighted by Gasteiger charge is 2.20. The van der Waals surface area contributed by atoms with E-state index >= 15 is 0 Å². The summed E-state index contributed by atoms with van der Waals surface area (Å²) in [5, 5.41) is 6.36. The Kier molecular flexibility index (Phi) is 4.59. The number of hydrogen-bond acceptors (Lipinski definition) is 3. The lowest BCUT2D eigenvalue weighted by Crippen LogP contribution is -2.44. The summed E-state index contributed by atoms with van der Waals surface area (Å²) in [6.45, 7) is 4.15. The van der Waals surface area contributed by atoms with E-state index < -0.39 is 0 Å². The molecule has 1 aliphatic rings. The van der Waals surface area contributed by atoms with Crippen LogP contribution < -0.4 is 10.6 Å². The summed E-state index contributed by atoms with van der Waals surface area (Å²) in [6, 6.07) is 3.82. The van der Waals surface area contributed by atoms with Crippen LogP contribution in [0.2, 0.25) is 0 Å². The van der Waals surface area contributed by atoms with Gasteiger partial charge in [-0.05, 0) is 57.0 Å². The molecule has 0 saturated carbocycles. The molecule has 0 radical (unpaired) electrons. The zero-order valence-corrected chi connectivity index (χ0v) is 10.7. The Morgan fingerprint density at radius 2 is 2.56 bits per heavy atom. The van der Waals surface area contributed by atoms with E-state index in [2.05, 4.69) is 17.6 Å². The SMILES string of the molecule is CC(NC(=O)C=Cc1ccco1)C1CCCNC1. The number of furan rings is 1. The standard InChI is InChI=1S/C14H20N2O2/c1-11(12-4-2-8-15-10-12)16-14(17)7-6-13-5-3-9-18-13/h3,5-7,9,11-12,15H,2,4,8,10H2,1H3,(H,16,17). The molecule has 2 rings (SSSR count). The molecule has 1 saturated heterocycles. The number of nitrogens with one attached hydrogen (secondary N) is 2. The van der Waals surface area contributed by atoms with Crippen LogP contribution >= 0.6 is 0 Å². The van der Waals surface area contributed by atoms with Crippen molar-refractivity contribution in [2.75, 3.05) is 13.1 Å². The summed E-state index contributed by atoms with van der Waals surface area (Å²) >= 11 is 0. The second-order valence-corrected chi connectivity index (χ2v) is 4.75. The van der Waals surface area contributed by atoms with E-state index in [0.29, 0.717) is 11.7 Å². The minimum atomic E-state index is -0.0653. The number of rotatable bonds is 4. The molecule has 2 heterocycles. The fourth-order valence-corrected chi connectivity index (χ4v) is 2.24. The van der Waals surface area contributed by atoms with Gasteiger partial charge in [0.2, 0.25) is 5.91 Å². The Morgan fingerprint density at radius 1 is 1.67 bits per heavy atom. The first kappa shape index (κ1) is 12.9. The average molecular weight is 248 g/mol. The molecule has 0 aromatic carbocycles. The molecule has 98 valence electrons. The van der Waals surface area contributed by atoms with Gasteiger partial charge >= 0.3 is 0 Å². The van der Waals surface area contributed by atoms with Crippen LogP contribution in [0.1, 0.15) is 25.5 Å². The van der Waals surface area contributed by atoms with Crippen LogP contribution in [-0.2, 0) is 4.79 Å². The second-order valence-electron chi connectivity index (χ2n) is 4.75. The van der Waals surface area contributed by atoms with Crippen LogP contribution in [0, 0.1) is 5.92 Å². The van der Waals surface area contributed by atoms with Crippen molar-refractivity contribution in [3.8, 4) is 0 Å². The van der Waals surface area contributed by atoms with Crippen molar-refractivity contribution in [1.82, 2.24) is 10.6 Å². The van der Waals surface area contributed by atoms with Gasteiger partial charge in [-0.1, -0.05) is 0 Å². The third kappa shape index (κ3) is 3.74. The van der Waals surface area contributed by atoms with Crippen molar-refractivity contribution in [3.63, 3.8) is 0 Å². The zero-order chi connectivity index (χ0) is 12.8. The molecule has 0 bridgehead atoms. The molecule has 2 atom stereocenters. The van der Waals surface area contributed by atoms with Gasteiger partial charge in [0, 0.05) is 12.1 Å². The Labute approximate surface area is 107 Å². The second kappa shape index (κ2) is 6.40. The predicted octanol–water partition coefficient (Wildman–Crippen LogP) is 1.80. The molecule has 1 aromatic heterocycles. The van der Waals surface area contributed by atoms with E-state index in [4.69, 9.17) is 4.42 Å². The van der Waals surface area contributed by atoms with Gasteiger partial charge in [-0.2, -0.15) is 0 Å². The van der Waals surface area contributed by atoms with Crippen LogP contribution in [0.25, 0.3) is 6.08 Å². The maximum absolute atomic E-state index is 11.7. The third-order valence-electron chi connectivity index (χ3n) is 3.35. The first-order chi connectivity index (χ1) is 8.75. The van der Waals surface area contributed by atoms with Gasteiger partial charge in [-0.15, -0.1) is 0 Å². The van der Waals surface area contributed by atoms with Crippen LogP contribution in [0.3, 0.4) is 0 Å². The normalized spacial score (nSPS) is 21.9. The Hall–Kier alpha value is -1.55. The first-order valence-corrected chi connectivity index (χ1v) is 6.48. The largest absolute Gasteiger partial charge is 0.465 e. The van der Waals surface area contributed by atoms with Crippen LogP contribution in [0.15, 0.2) is 28.9 Å². The zero-order valence-electron chi connectivity index (χ0n) is 10.7. The highest BCUT2D eigenvalue weighted by atomic mass is 16.3. The lowest BCUT2D eigenvalue weighted by molar-refractivity contribution is -0.117. The number of carbonyl (C=O) groups excluding carboxylic acids is 1. The number of carbonyl (C=O) groups is 1. The molecule has 1 aliphatic heterocycles. The van der Waals surface area contributed by atoms with Crippen molar-refractivity contribution in [2.45, 2.75) is 25.8 Å². The quantitative estimate of drug-likeness (QED) is 0.799. The fourth-order valence-electron chi connectivity index (χ4n) is 2.24. The number of amides is 1. The lowest BCUT2D eigenvalue weighted by atomic mass is 9.93. The summed E-state index contributed by atoms with van der Waals surface area (Å²) < 4.78 is 5.13. The van der Waals surface area contributed by atoms with E-state index in [0.717, 1.165) is 13.1 Å². The molecule has 1 fully saturated rings. The smallest absolute Gasteiger partial charge is 0.244 e. The Morgan fingerprint density at radius 3 is 3.22 bits per heavy atom. The molecule has 1 aromatic rings. The minimum absolute atomic E-state index is 0.0653. The van der Waals surface area contributed by atoms with E-state index in [1.165, 1.54) is 18.9 Å². The number of piperidine rings is 1. The summed E-state index contributed by atoms with van der Waals surface area (Å²) in [4.78, 5) is 11.7. The van der Waals surface area contributed by atoms with Crippen molar-refractivity contribution in [1.29, 1.82) is 0 Å². The number of hydrogen-bond donors (Lipinski definition) is 2. The van der Waals surface area contributed by atoms with E-state index in [1.54, 1.807) is 18.4 Å². The van der Waals surface area contributed by atoms with Crippen molar-refractivity contribution in [3.05, 3.63) is 30.2 Å². The molecule has 4 heteroatoms. The van der Waals surface area contributed by atoms with Gasteiger partial charge in [0.25, 0.3) is 0 Å². The molecule has 1 amide bonds. The summed E-state index contributed by atoms with van der Waals surface area (Å²) in [5.74, 6) is 1.15. The minimum Gasteiger partial charge on any atom is -0.465 e. The molecule has 18 heavy (non-hydrogen) atoms. The molecular formula is C14H20N2O2. The Bertz CT molecular complexity index is 392. The van der Waals surface area contributed by atoms with E-state index in [1.807, 2.05) is 6.07 Å². The topological polar surface area (TPSA) is 54.3 Å². The average Bonchev–Trinajstić information content (AvgIpc) is 2.90. The molecule has 2 N–H and O–H groups in total. The van der Waals surface area contributed by atoms with Gasteiger partial charge in [0.1, 0.15) is 5.76 Å². The van der Waals surface area contributed by atoms with Crippen molar-refractivity contribution >= 4 is 12.0 Å². The van der Waals surface area contributed by atoms with Gasteiger partial charge in [0.15, 0.2) is 0 Å². The fraction of sp³-hybridized carbons (Fsp3) is 0.500. The highest BCUT2D eigenvalue weighted by molar-refractivity contribution is 5.91. The van der Waals surface area contributed by atoms with Gasteiger partial charge in [0.05, 0.1) is 6.26 Å². The van der Waals surface area contributed by atoms with Crippen molar-refractivity contribution < 1.29 is 9.21 Å². The van der Waals surface area contributed by atoms with Crippen LogP contribution in [-0.4, -0.2) is 25.0 Å². The summed E-state index contributed by atoms with van der Waals surface area (Å²) in [5.41, 5.74) is 0. The molecule has 4 nitrogen and oxygen atoms in total. The van der Waals surface area contributed by atoms with Gasteiger partial charge in [-0.3, -0.25) is 4.79 Å². The van der Waals surface area contributed by atoms with Crippen molar-refractivity contribution in [2.24, 2.45) is 5.92 Å². The monoisotopic (exact) mass is 248 g/mol.